The number of hydrogen-bond donors (Lipinski definition) is 3. The maximum absolute atomic E-state index is 12.5. The number of likely N-dealkylation sites (tertiary alicyclic amines) is 1. The lowest BCUT2D eigenvalue weighted by molar-refractivity contribution is 0.0342. The maximum atomic E-state index is 12.5. The molecule has 1 atom stereocenters. The van der Waals surface area contributed by atoms with E-state index in [1.165, 1.54) is 11.9 Å². The molecule has 0 saturated carbocycles. The third kappa shape index (κ3) is 9.08. The molecule has 44 heavy (non-hydrogen) atoms. The summed E-state index contributed by atoms with van der Waals surface area (Å²) in [6.45, 7) is 5.46. The van der Waals surface area contributed by atoms with Gasteiger partial charge in [-0.3, -0.25) is 9.69 Å². The van der Waals surface area contributed by atoms with Gasteiger partial charge in [0.15, 0.2) is 0 Å². The Morgan fingerprint density at radius 1 is 1.05 bits per heavy atom. The molecule has 0 unspecified atom stereocenters. The maximum Gasteiger partial charge on any atom is 0.472 e. The Morgan fingerprint density at radius 2 is 1.70 bits per heavy atom. The minimum Gasteiger partial charge on any atom is -0.459 e. The van der Waals surface area contributed by atoms with E-state index in [2.05, 4.69) is 54.3 Å². The number of hydrogen-bond acceptors (Lipinski definition) is 9. The number of rotatable bonds is 11. The fourth-order valence-corrected chi connectivity index (χ4v) is 5.39. The van der Waals surface area contributed by atoms with Gasteiger partial charge in [-0.1, -0.05) is 36.1 Å². The molecule has 0 radical (unpaired) electrons. The van der Waals surface area contributed by atoms with Crippen LogP contribution in [0, 0.1) is 29.1 Å². The molecule has 0 amide bonds. The van der Waals surface area contributed by atoms with Crippen molar-refractivity contribution in [1.82, 2.24) is 19.8 Å². The van der Waals surface area contributed by atoms with Crippen molar-refractivity contribution < 1.29 is 28.3 Å². The molecule has 12 nitrogen and oxygen atoms in total. The average molecular weight is 620 g/mol. The molecule has 2 aliphatic rings. The standard InChI is InChI=1S/C31H34N5O7P/c32-16-26-18-36(19-26)20-28(15-29-30(31(37)34-21-33-29)42-22-43-44(38,39)40)27-9-7-24(8-10-27)2-1-23-3-5-25(6-4-23)17-35-11-13-41-14-12-35/h3-10,21,26,28H,11-15,17-20,22H2,(H,33,34,37)(H2,38,39,40)/t28-/m1/s1. The molecule has 3 aromatic rings. The number of benzene rings is 2. The summed E-state index contributed by atoms with van der Waals surface area (Å²) < 4.78 is 26.1. The zero-order valence-electron chi connectivity index (χ0n) is 24.1. The lowest BCUT2D eigenvalue weighted by Crippen LogP contribution is -2.47. The molecule has 5 rings (SSSR count). The van der Waals surface area contributed by atoms with Crippen LogP contribution in [0.4, 0.5) is 0 Å². The normalized spacial score (nSPS) is 16.8. The van der Waals surface area contributed by atoms with Crippen molar-refractivity contribution in [3.8, 4) is 23.7 Å². The molecule has 3 N–H and O–H groups in total. The van der Waals surface area contributed by atoms with E-state index in [-0.39, 0.29) is 17.6 Å². The van der Waals surface area contributed by atoms with E-state index in [1.54, 1.807) is 0 Å². The molecule has 1 aromatic heterocycles. The quantitative estimate of drug-likeness (QED) is 0.164. The Hall–Kier alpha value is -3.84. The van der Waals surface area contributed by atoms with Crippen molar-refractivity contribution in [1.29, 1.82) is 5.26 Å². The topological polar surface area (TPSA) is 161 Å². The van der Waals surface area contributed by atoms with E-state index in [9.17, 15) is 14.6 Å². The molecule has 2 aromatic carbocycles. The highest BCUT2D eigenvalue weighted by molar-refractivity contribution is 7.46. The second kappa shape index (κ2) is 14.8. The van der Waals surface area contributed by atoms with Crippen molar-refractivity contribution in [3.05, 3.63) is 93.2 Å². The smallest absolute Gasteiger partial charge is 0.459 e. The van der Waals surface area contributed by atoms with Crippen LogP contribution in [0.5, 0.6) is 5.75 Å². The summed E-state index contributed by atoms with van der Waals surface area (Å²) in [6, 6.07) is 18.5. The fraction of sp³-hybridized carbons (Fsp3) is 0.387. The van der Waals surface area contributed by atoms with Gasteiger partial charge >= 0.3 is 7.82 Å². The number of nitrogens with zero attached hydrogens (tertiary/aromatic N) is 4. The van der Waals surface area contributed by atoms with Crippen LogP contribution in [0.15, 0.2) is 59.7 Å². The molecule has 2 aliphatic heterocycles. The van der Waals surface area contributed by atoms with E-state index in [0.29, 0.717) is 31.7 Å². The van der Waals surface area contributed by atoms with Crippen molar-refractivity contribution in [2.75, 3.05) is 52.7 Å². The molecular weight excluding hydrogens is 585 g/mol. The Bertz CT molecular complexity index is 1610. The third-order valence-electron chi connectivity index (χ3n) is 7.56. The first-order valence-electron chi connectivity index (χ1n) is 14.3. The molecule has 0 spiro atoms. The summed E-state index contributed by atoms with van der Waals surface area (Å²) in [7, 11) is -4.78. The van der Waals surface area contributed by atoms with Gasteiger partial charge in [-0.05, 0) is 35.4 Å². The highest BCUT2D eigenvalue weighted by Gasteiger charge is 2.30. The van der Waals surface area contributed by atoms with Gasteiger partial charge in [-0.2, -0.15) is 5.26 Å². The predicted molar refractivity (Wildman–Crippen MR) is 160 cm³/mol. The van der Waals surface area contributed by atoms with Crippen LogP contribution in [0.25, 0.3) is 0 Å². The lowest BCUT2D eigenvalue weighted by atomic mass is 9.90. The molecule has 230 valence electrons. The molecule has 0 bridgehead atoms. The number of aromatic nitrogens is 2. The summed E-state index contributed by atoms with van der Waals surface area (Å²) >= 11 is 0. The third-order valence-corrected chi connectivity index (χ3v) is 8.01. The highest BCUT2D eigenvalue weighted by atomic mass is 31.2. The second-order valence-electron chi connectivity index (χ2n) is 10.8. The van der Waals surface area contributed by atoms with Crippen molar-refractivity contribution >= 4 is 7.82 Å². The Labute approximate surface area is 255 Å². The van der Waals surface area contributed by atoms with E-state index in [4.69, 9.17) is 19.3 Å². The van der Waals surface area contributed by atoms with Gasteiger partial charge in [0.2, 0.25) is 12.5 Å². The number of phosphoric acid groups is 1. The molecule has 3 heterocycles. The van der Waals surface area contributed by atoms with Gasteiger partial charge < -0.3 is 29.1 Å². The van der Waals surface area contributed by atoms with Crippen LogP contribution in [0.1, 0.15) is 33.9 Å². The molecule has 0 aliphatic carbocycles. The average Bonchev–Trinajstić information content (AvgIpc) is 2.99. The summed E-state index contributed by atoms with van der Waals surface area (Å²) in [5.74, 6) is 6.17. The first-order chi connectivity index (χ1) is 21.3. The number of aromatic amines is 1. The minimum atomic E-state index is -4.78. The Morgan fingerprint density at radius 3 is 2.34 bits per heavy atom. The van der Waals surface area contributed by atoms with Crippen LogP contribution < -0.4 is 10.3 Å². The number of ether oxygens (including phenoxy) is 2. The SMILES string of the molecule is N#CC1CN(C[C@@H](Cc2nc[nH]c(=O)c2OCOP(=O)(O)O)c2ccc(C#Cc3ccc(CN4CCOCC4)cc3)cc2)C1. The number of nitriles is 1. The molecular formula is C31H34N5O7P. The largest absolute Gasteiger partial charge is 0.472 e. The first-order valence-corrected chi connectivity index (χ1v) is 15.8. The monoisotopic (exact) mass is 619 g/mol. The van der Waals surface area contributed by atoms with Gasteiger partial charge in [0.05, 0.1) is 37.2 Å². The number of H-pyrrole nitrogens is 1. The number of morpholine rings is 1. The minimum absolute atomic E-state index is 0.0110. The van der Waals surface area contributed by atoms with Gasteiger partial charge in [0.25, 0.3) is 5.56 Å². The fourth-order valence-electron chi connectivity index (χ4n) is 5.20. The highest BCUT2D eigenvalue weighted by Crippen LogP contribution is 2.35. The zero-order chi connectivity index (χ0) is 30.9. The zero-order valence-corrected chi connectivity index (χ0v) is 25.0. The van der Waals surface area contributed by atoms with E-state index in [1.807, 2.05) is 36.4 Å². The number of phosphoric ester groups is 1. The van der Waals surface area contributed by atoms with Crippen molar-refractivity contribution in [2.45, 2.75) is 18.9 Å². The summed E-state index contributed by atoms with van der Waals surface area (Å²) in [5, 5.41) is 9.21. The summed E-state index contributed by atoms with van der Waals surface area (Å²) in [4.78, 5) is 41.7. The molecule has 13 heteroatoms. The second-order valence-corrected chi connectivity index (χ2v) is 12.0. The van der Waals surface area contributed by atoms with Gasteiger partial charge in [-0.15, -0.1) is 0 Å². The summed E-state index contributed by atoms with van der Waals surface area (Å²) in [6.07, 6.45) is 1.57. The Kier molecular flexibility index (Phi) is 10.6. The summed E-state index contributed by atoms with van der Waals surface area (Å²) in [5.41, 5.74) is 3.75. The number of nitrogens with one attached hydrogen (secondary N) is 1. The van der Waals surface area contributed by atoms with E-state index < -0.39 is 20.2 Å². The van der Waals surface area contributed by atoms with Crippen LogP contribution >= 0.6 is 7.82 Å². The van der Waals surface area contributed by atoms with Gasteiger partial charge in [0, 0.05) is 62.7 Å². The van der Waals surface area contributed by atoms with Gasteiger partial charge in [0.1, 0.15) is 0 Å². The van der Waals surface area contributed by atoms with Crippen LogP contribution in [0.3, 0.4) is 0 Å². The van der Waals surface area contributed by atoms with Crippen LogP contribution in [0.2, 0.25) is 0 Å². The van der Waals surface area contributed by atoms with Crippen molar-refractivity contribution in [2.24, 2.45) is 5.92 Å². The molecule has 2 saturated heterocycles. The molecule has 2 fully saturated rings. The van der Waals surface area contributed by atoms with E-state index in [0.717, 1.165) is 49.5 Å². The van der Waals surface area contributed by atoms with Crippen LogP contribution in [-0.4, -0.2) is 82.3 Å². The predicted octanol–water partition coefficient (Wildman–Crippen LogP) is 2.23. The van der Waals surface area contributed by atoms with Crippen molar-refractivity contribution in [3.63, 3.8) is 0 Å². The Balaban J connectivity index is 1.28. The lowest BCUT2D eigenvalue weighted by Gasteiger charge is -2.37. The first kappa shape index (κ1) is 31.6. The van der Waals surface area contributed by atoms with Gasteiger partial charge in [-0.25, -0.2) is 14.1 Å². The van der Waals surface area contributed by atoms with Crippen LogP contribution in [-0.2, 0) is 26.8 Å². The van der Waals surface area contributed by atoms with E-state index >= 15 is 0 Å².